The Morgan fingerprint density at radius 2 is 2.00 bits per heavy atom. The van der Waals surface area contributed by atoms with Gasteiger partial charge in [0.05, 0.1) is 18.0 Å². The van der Waals surface area contributed by atoms with Crippen molar-refractivity contribution in [1.82, 2.24) is 0 Å². The highest BCUT2D eigenvalue weighted by atomic mass is 79.9. The third kappa shape index (κ3) is 2.65. The minimum atomic E-state index is -0.483. The van der Waals surface area contributed by atoms with Gasteiger partial charge in [-0.1, -0.05) is 33.6 Å². The van der Waals surface area contributed by atoms with Crippen LogP contribution in [0.1, 0.15) is 26.3 Å². The number of hydrogen-bond acceptors (Lipinski definition) is 3. The van der Waals surface area contributed by atoms with Crippen molar-refractivity contribution in [3.8, 4) is 0 Å². The summed E-state index contributed by atoms with van der Waals surface area (Å²) in [5, 5.41) is 0.194. The monoisotopic (exact) mass is 270 g/mol. The normalized spacial score (nSPS) is 9.80. The summed E-state index contributed by atoms with van der Waals surface area (Å²) in [5.74, 6) is -0.613. The van der Waals surface area contributed by atoms with E-state index in [0.29, 0.717) is 11.1 Å². The molecule has 0 N–H and O–H groups in total. The zero-order valence-electron chi connectivity index (χ0n) is 8.54. The Morgan fingerprint density at radius 1 is 1.33 bits per heavy atom. The molecule has 1 aromatic carbocycles. The average molecular weight is 271 g/mol. The summed E-state index contributed by atoms with van der Waals surface area (Å²) in [6, 6.07) is 5.09. The van der Waals surface area contributed by atoms with E-state index in [2.05, 4.69) is 20.7 Å². The van der Waals surface area contributed by atoms with Gasteiger partial charge in [0, 0.05) is 5.56 Å². The molecule has 0 heterocycles. The van der Waals surface area contributed by atoms with Crippen molar-refractivity contribution in [3.63, 3.8) is 0 Å². The van der Waals surface area contributed by atoms with Crippen molar-refractivity contribution < 1.29 is 14.3 Å². The molecule has 0 aromatic heterocycles. The maximum atomic E-state index is 11.5. The molecule has 0 amide bonds. The molecule has 0 spiro atoms. The lowest BCUT2D eigenvalue weighted by molar-refractivity contribution is 0.0597. The number of rotatable bonds is 3. The van der Waals surface area contributed by atoms with Crippen LogP contribution in [0, 0.1) is 6.92 Å². The Kier molecular flexibility index (Phi) is 4.03. The first-order chi connectivity index (χ1) is 7.10. The first-order valence-electron chi connectivity index (χ1n) is 4.38. The van der Waals surface area contributed by atoms with Crippen LogP contribution in [-0.4, -0.2) is 24.2 Å². The first-order valence-corrected chi connectivity index (χ1v) is 5.50. The van der Waals surface area contributed by atoms with E-state index in [1.807, 2.05) is 6.92 Å². The minimum absolute atomic E-state index is 0.129. The van der Waals surface area contributed by atoms with Gasteiger partial charge in [0.15, 0.2) is 5.78 Å². The molecule has 0 radical (unpaired) electrons. The molecule has 0 aliphatic rings. The van der Waals surface area contributed by atoms with E-state index in [9.17, 15) is 9.59 Å². The Hall–Kier alpha value is -1.16. The lowest BCUT2D eigenvalue weighted by Crippen LogP contribution is -2.11. The summed E-state index contributed by atoms with van der Waals surface area (Å²) in [6.45, 7) is 1.86. The number of alkyl halides is 1. The van der Waals surface area contributed by atoms with Crippen LogP contribution >= 0.6 is 15.9 Å². The summed E-state index contributed by atoms with van der Waals surface area (Å²) in [7, 11) is 1.30. The second kappa shape index (κ2) is 5.07. The number of ether oxygens (including phenoxy) is 1. The van der Waals surface area contributed by atoms with Gasteiger partial charge < -0.3 is 4.74 Å². The number of aryl methyl sites for hydroxylation is 1. The fourth-order valence-electron chi connectivity index (χ4n) is 1.25. The lowest BCUT2D eigenvalue weighted by Gasteiger charge is -2.06. The number of halogens is 1. The van der Waals surface area contributed by atoms with Crippen LogP contribution in [0.2, 0.25) is 0 Å². The molecule has 1 rings (SSSR count). The number of esters is 1. The Labute approximate surface area is 96.6 Å². The smallest absolute Gasteiger partial charge is 0.338 e. The third-order valence-electron chi connectivity index (χ3n) is 2.00. The van der Waals surface area contributed by atoms with Gasteiger partial charge in [0.25, 0.3) is 0 Å². The number of methoxy groups -OCH3 is 1. The maximum Gasteiger partial charge on any atom is 0.338 e. The third-order valence-corrected chi connectivity index (χ3v) is 2.51. The van der Waals surface area contributed by atoms with Crippen molar-refractivity contribution >= 4 is 27.7 Å². The second-order valence-electron chi connectivity index (χ2n) is 3.10. The highest BCUT2D eigenvalue weighted by Gasteiger charge is 2.16. The van der Waals surface area contributed by atoms with Crippen molar-refractivity contribution in [2.24, 2.45) is 0 Å². The molecule has 0 aliphatic carbocycles. The number of ketones is 1. The van der Waals surface area contributed by atoms with Gasteiger partial charge in [-0.25, -0.2) is 4.79 Å². The molecule has 0 aliphatic heterocycles. The molecule has 0 atom stereocenters. The van der Waals surface area contributed by atoms with Crippen LogP contribution < -0.4 is 0 Å². The zero-order valence-corrected chi connectivity index (χ0v) is 10.1. The van der Waals surface area contributed by atoms with Gasteiger partial charge in [0.2, 0.25) is 0 Å². The van der Waals surface area contributed by atoms with Gasteiger partial charge in [0.1, 0.15) is 0 Å². The van der Waals surface area contributed by atoms with E-state index < -0.39 is 5.97 Å². The van der Waals surface area contributed by atoms with E-state index in [1.54, 1.807) is 18.2 Å². The molecule has 0 bridgehead atoms. The van der Waals surface area contributed by atoms with Crippen LogP contribution in [-0.2, 0) is 4.74 Å². The second-order valence-corrected chi connectivity index (χ2v) is 3.66. The van der Waals surface area contributed by atoms with Gasteiger partial charge in [-0.3, -0.25) is 4.79 Å². The SMILES string of the molecule is COC(=O)c1cc(C)ccc1C(=O)CBr. The molecule has 0 unspecified atom stereocenters. The molecular formula is C11H11BrO3. The van der Waals surface area contributed by atoms with Gasteiger partial charge in [-0.05, 0) is 13.0 Å². The maximum absolute atomic E-state index is 11.5. The molecule has 4 heteroatoms. The van der Waals surface area contributed by atoms with Crippen LogP contribution in [0.5, 0.6) is 0 Å². The topological polar surface area (TPSA) is 43.4 Å². The number of carbonyl (C=O) groups is 2. The number of benzene rings is 1. The fraction of sp³-hybridized carbons (Fsp3) is 0.273. The van der Waals surface area contributed by atoms with Gasteiger partial charge in [-0.2, -0.15) is 0 Å². The highest BCUT2D eigenvalue weighted by Crippen LogP contribution is 2.14. The molecule has 0 saturated heterocycles. The molecule has 80 valence electrons. The van der Waals surface area contributed by atoms with Crippen LogP contribution in [0.3, 0.4) is 0 Å². The number of carbonyl (C=O) groups excluding carboxylic acids is 2. The Morgan fingerprint density at radius 3 is 2.53 bits per heavy atom. The summed E-state index contributed by atoms with van der Waals surface area (Å²) < 4.78 is 4.62. The van der Waals surface area contributed by atoms with E-state index in [0.717, 1.165) is 5.56 Å². The summed E-state index contributed by atoms with van der Waals surface area (Å²) in [4.78, 5) is 22.9. The summed E-state index contributed by atoms with van der Waals surface area (Å²) in [5.41, 5.74) is 1.63. The van der Waals surface area contributed by atoms with Crippen LogP contribution in [0.25, 0.3) is 0 Å². The Balaban J connectivity index is 3.26. The predicted molar refractivity (Wildman–Crippen MR) is 60.6 cm³/mol. The summed E-state index contributed by atoms with van der Waals surface area (Å²) in [6.07, 6.45) is 0. The zero-order chi connectivity index (χ0) is 11.4. The van der Waals surface area contributed by atoms with Gasteiger partial charge in [-0.15, -0.1) is 0 Å². The van der Waals surface area contributed by atoms with Gasteiger partial charge >= 0.3 is 5.97 Å². The van der Waals surface area contributed by atoms with Crippen molar-refractivity contribution in [3.05, 3.63) is 34.9 Å². The lowest BCUT2D eigenvalue weighted by atomic mass is 10.0. The largest absolute Gasteiger partial charge is 0.465 e. The first kappa shape index (κ1) is 11.9. The quantitative estimate of drug-likeness (QED) is 0.481. The van der Waals surface area contributed by atoms with E-state index in [1.165, 1.54) is 7.11 Å². The van der Waals surface area contributed by atoms with Crippen molar-refractivity contribution in [2.45, 2.75) is 6.92 Å². The molecule has 1 aromatic rings. The predicted octanol–water partition coefficient (Wildman–Crippen LogP) is 2.36. The molecule has 0 saturated carbocycles. The standard InChI is InChI=1S/C11H11BrO3/c1-7-3-4-8(10(13)6-12)9(5-7)11(14)15-2/h3-5H,6H2,1-2H3. The number of Topliss-reactive ketones (excluding diaryl/α,β-unsaturated/α-hetero) is 1. The van der Waals surface area contributed by atoms with Crippen molar-refractivity contribution in [2.75, 3.05) is 12.4 Å². The van der Waals surface area contributed by atoms with E-state index in [-0.39, 0.29) is 11.1 Å². The number of hydrogen-bond donors (Lipinski definition) is 0. The van der Waals surface area contributed by atoms with Crippen molar-refractivity contribution in [1.29, 1.82) is 0 Å². The minimum Gasteiger partial charge on any atom is -0.465 e. The molecule has 3 nitrogen and oxygen atoms in total. The molecule has 15 heavy (non-hydrogen) atoms. The Bertz CT molecular complexity index is 399. The molecular weight excluding hydrogens is 260 g/mol. The highest BCUT2D eigenvalue weighted by molar-refractivity contribution is 9.09. The summed E-state index contributed by atoms with van der Waals surface area (Å²) >= 11 is 3.07. The van der Waals surface area contributed by atoms with Crippen LogP contribution in [0.4, 0.5) is 0 Å². The van der Waals surface area contributed by atoms with Crippen LogP contribution in [0.15, 0.2) is 18.2 Å². The fourth-order valence-corrected chi connectivity index (χ4v) is 1.55. The van der Waals surface area contributed by atoms with E-state index in [4.69, 9.17) is 0 Å². The average Bonchev–Trinajstić information content (AvgIpc) is 2.26. The van der Waals surface area contributed by atoms with E-state index >= 15 is 0 Å². The molecule has 0 fully saturated rings.